The lowest BCUT2D eigenvalue weighted by molar-refractivity contribution is -0.199. The average molecular weight is 500 g/mol. The third kappa shape index (κ3) is 3.44. The third-order valence-electron chi connectivity index (χ3n) is 9.25. The molecule has 4 heterocycles. The number of benzene rings is 2. The van der Waals surface area contributed by atoms with Gasteiger partial charge in [-0.2, -0.15) is 0 Å². The van der Waals surface area contributed by atoms with Crippen LogP contribution in [0.15, 0.2) is 57.6 Å². The Labute approximate surface area is 214 Å². The van der Waals surface area contributed by atoms with E-state index in [0.29, 0.717) is 35.1 Å². The number of anilines is 1. The highest BCUT2D eigenvalue weighted by Crippen LogP contribution is 2.65. The number of nitrogens with one attached hydrogen (secondary N) is 2. The molecule has 3 saturated carbocycles. The lowest BCUT2D eigenvalue weighted by Crippen LogP contribution is -2.65. The maximum atomic E-state index is 13.1. The number of para-hydroxylation sites is 1. The van der Waals surface area contributed by atoms with Gasteiger partial charge in [-0.15, -0.1) is 0 Å². The Bertz CT molecular complexity index is 1510. The Balaban J connectivity index is 1.14. The topological polar surface area (TPSA) is 103 Å². The molecule has 8 nitrogen and oxygen atoms in total. The largest absolute Gasteiger partial charge is 0.482 e. The normalized spacial score (nSPS) is 28.7. The summed E-state index contributed by atoms with van der Waals surface area (Å²) in [6, 6.07) is 13.0. The molecule has 4 bridgehead atoms. The summed E-state index contributed by atoms with van der Waals surface area (Å²) in [7, 11) is -0.687. The minimum absolute atomic E-state index is 0.0415. The summed E-state index contributed by atoms with van der Waals surface area (Å²) in [5.74, 6) is -1.12. The first-order valence-corrected chi connectivity index (χ1v) is 12.9. The average Bonchev–Trinajstić information content (AvgIpc) is 3.65. The molecule has 0 unspecified atom stereocenters. The summed E-state index contributed by atoms with van der Waals surface area (Å²) in [5.41, 5.74) is 3.09. The SMILES string of the molecule is CC1(C)[C@@H]2C[C@H]3OB([C@H](Cc4coc5ccccc45)NC(=O)C(=O)Nc4cc5ccc4o5)O[C@@]3(C)[C@H]1C2. The van der Waals surface area contributed by atoms with E-state index >= 15 is 0 Å². The van der Waals surface area contributed by atoms with Gasteiger partial charge >= 0.3 is 18.9 Å². The molecule has 1 aromatic carbocycles. The van der Waals surface area contributed by atoms with Crippen LogP contribution in [0.25, 0.3) is 22.1 Å². The van der Waals surface area contributed by atoms with Gasteiger partial charge in [-0.25, -0.2) is 0 Å². The van der Waals surface area contributed by atoms with Crippen molar-refractivity contribution in [2.24, 2.45) is 17.3 Å². The van der Waals surface area contributed by atoms with Crippen molar-refractivity contribution >= 4 is 46.8 Å². The van der Waals surface area contributed by atoms with E-state index in [4.69, 9.17) is 18.1 Å². The molecule has 1 saturated heterocycles. The van der Waals surface area contributed by atoms with E-state index in [0.717, 1.165) is 29.4 Å². The number of hydrogen-bond acceptors (Lipinski definition) is 6. The van der Waals surface area contributed by atoms with Crippen molar-refractivity contribution in [1.29, 1.82) is 0 Å². The van der Waals surface area contributed by atoms with E-state index < -0.39 is 30.5 Å². The highest BCUT2D eigenvalue weighted by atomic mass is 16.7. The van der Waals surface area contributed by atoms with Crippen molar-refractivity contribution in [1.82, 2.24) is 5.32 Å². The van der Waals surface area contributed by atoms with Gasteiger partial charge in [0.2, 0.25) is 0 Å². The summed E-state index contributed by atoms with van der Waals surface area (Å²) in [6.07, 6.45) is 4.12. The van der Waals surface area contributed by atoms with Crippen LogP contribution in [0.1, 0.15) is 39.2 Å². The Hall–Kier alpha value is -3.30. The zero-order chi connectivity index (χ0) is 25.5. The second-order valence-corrected chi connectivity index (χ2v) is 11.6. The molecule has 37 heavy (non-hydrogen) atoms. The Morgan fingerprint density at radius 2 is 1.92 bits per heavy atom. The molecule has 3 aliphatic carbocycles. The second-order valence-electron chi connectivity index (χ2n) is 11.6. The molecule has 3 aromatic heterocycles. The van der Waals surface area contributed by atoms with E-state index in [1.165, 1.54) is 0 Å². The molecule has 2 amide bonds. The number of carbonyl (C=O) groups is 2. The van der Waals surface area contributed by atoms with Crippen LogP contribution < -0.4 is 10.6 Å². The monoisotopic (exact) mass is 500 g/mol. The van der Waals surface area contributed by atoms with Gasteiger partial charge in [-0.1, -0.05) is 32.0 Å². The molecule has 0 radical (unpaired) electrons. The number of fused-ring (bicyclic) bond motifs is 3. The number of hydrogen-bond donors (Lipinski definition) is 2. The second kappa shape index (κ2) is 7.85. The Kier molecular flexibility index (Phi) is 4.85. The summed E-state index contributed by atoms with van der Waals surface area (Å²) in [5, 5.41) is 6.52. The molecular weight excluding hydrogens is 471 g/mol. The lowest BCUT2D eigenvalue weighted by Gasteiger charge is -2.64. The molecule has 8 rings (SSSR count). The van der Waals surface area contributed by atoms with Gasteiger partial charge in [-0.3, -0.25) is 9.59 Å². The molecule has 2 N–H and O–H groups in total. The van der Waals surface area contributed by atoms with Crippen LogP contribution >= 0.6 is 0 Å². The molecular formula is C28H29BN2O6. The van der Waals surface area contributed by atoms with Crippen LogP contribution in [0.4, 0.5) is 5.69 Å². The first kappa shape index (κ1) is 22.9. The standard InChI is InChI=1S/C28H29BN2O6/c1-27(2)16-11-22(27)28(3)23(12-16)36-29(37-28)24(10-15-14-34-20-7-5-4-6-18(15)20)31-26(33)25(32)30-19-13-17-8-9-21(19)35-17/h4-9,13-14,16,22-24H,10-12H2,1-3H3,(H,30,32)(H,31,33)/t16-,22-,23+,24-,28-/m0/s1. The summed E-state index contributed by atoms with van der Waals surface area (Å²) in [4.78, 5) is 25.9. The molecule has 5 atom stereocenters. The number of carbonyl (C=O) groups excluding carboxylic acids is 2. The van der Waals surface area contributed by atoms with Crippen molar-refractivity contribution in [2.75, 3.05) is 5.32 Å². The van der Waals surface area contributed by atoms with Gasteiger partial charge in [0.1, 0.15) is 11.2 Å². The summed E-state index contributed by atoms with van der Waals surface area (Å²) >= 11 is 0. The van der Waals surface area contributed by atoms with Gasteiger partial charge in [0.05, 0.1) is 29.6 Å². The number of amides is 2. The number of rotatable bonds is 5. The zero-order valence-electron chi connectivity index (χ0n) is 21.1. The van der Waals surface area contributed by atoms with Crippen molar-refractivity contribution < 1.29 is 27.7 Å². The van der Waals surface area contributed by atoms with Gasteiger partial charge < -0.3 is 28.8 Å². The van der Waals surface area contributed by atoms with Gasteiger partial charge in [0.15, 0.2) is 5.58 Å². The van der Waals surface area contributed by atoms with Crippen LogP contribution in [-0.2, 0) is 25.3 Å². The van der Waals surface area contributed by atoms with Crippen LogP contribution in [0.3, 0.4) is 0 Å². The fourth-order valence-corrected chi connectivity index (χ4v) is 7.01. The molecule has 4 fully saturated rings. The highest BCUT2D eigenvalue weighted by Gasteiger charge is 2.68. The van der Waals surface area contributed by atoms with Crippen LogP contribution in [-0.4, -0.2) is 36.6 Å². The van der Waals surface area contributed by atoms with E-state index in [2.05, 4.69) is 31.4 Å². The van der Waals surface area contributed by atoms with Gasteiger partial charge in [0, 0.05) is 11.5 Å². The van der Waals surface area contributed by atoms with Crippen molar-refractivity contribution in [3.8, 4) is 0 Å². The lowest BCUT2D eigenvalue weighted by atomic mass is 9.43. The minimum Gasteiger partial charge on any atom is -0.464 e. The maximum absolute atomic E-state index is 13.1. The van der Waals surface area contributed by atoms with E-state index in [-0.39, 0.29) is 11.5 Å². The zero-order valence-corrected chi connectivity index (χ0v) is 21.1. The quantitative estimate of drug-likeness (QED) is 0.308. The molecule has 0 spiro atoms. The minimum atomic E-state index is -0.768. The van der Waals surface area contributed by atoms with Crippen LogP contribution in [0.5, 0.6) is 0 Å². The van der Waals surface area contributed by atoms with Crippen molar-refractivity contribution in [3.05, 3.63) is 54.3 Å². The van der Waals surface area contributed by atoms with Crippen molar-refractivity contribution in [3.63, 3.8) is 0 Å². The highest BCUT2D eigenvalue weighted by molar-refractivity contribution is 6.49. The molecule has 1 aliphatic heterocycles. The smallest absolute Gasteiger partial charge is 0.464 e. The van der Waals surface area contributed by atoms with Gasteiger partial charge in [0.25, 0.3) is 0 Å². The molecule has 4 aliphatic rings. The predicted molar refractivity (Wildman–Crippen MR) is 138 cm³/mol. The first-order chi connectivity index (χ1) is 17.7. The van der Waals surface area contributed by atoms with Crippen LogP contribution in [0, 0.1) is 17.3 Å². The van der Waals surface area contributed by atoms with E-state index in [1.807, 2.05) is 24.3 Å². The van der Waals surface area contributed by atoms with E-state index in [1.54, 1.807) is 24.5 Å². The van der Waals surface area contributed by atoms with E-state index in [9.17, 15) is 9.59 Å². The molecule has 4 aromatic rings. The molecule has 9 heteroatoms. The molecule has 190 valence electrons. The van der Waals surface area contributed by atoms with Crippen molar-refractivity contribution in [2.45, 2.75) is 57.7 Å². The fourth-order valence-electron chi connectivity index (χ4n) is 7.01. The third-order valence-corrected chi connectivity index (χ3v) is 9.25. The first-order valence-electron chi connectivity index (χ1n) is 12.9. The predicted octanol–water partition coefficient (Wildman–Crippen LogP) is 4.55. The maximum Gasteiger partial charge on any atom is 0.482 e. The van der Waals surface area contributed by atoms with Gasteiger partial charge in [-0.05, 0) is 67.2 Å². The Morgan fingerprint density at radius 1 is 1.08 bits per heavy atom. The fraction of sp³-hybridized carbons (Fsp3) is 0.429. The van der Waals surface area contributed by atoms with Crippen LogP contribution in [0.2, 0.25) is 0 Å². The number of furan rings is 3. The Morgan fingerprint density at radius 3 is 2.68 bits per heavy atom. The summed E-state index contributed by atoms with van der Waals surface area (Å²) < 4.78 is 24.4. The summed E-state index contributed by atoms with van der Waals surface area (Å²) in [6.45, 7) is 6.76.